The van der Waals surface area contributed by atoms with Crippen LogP contribution in [0.2, 0.25) is 0 Å². The highest BCUT2D eigenvalue weighted by molar-refractivity contribution is 7.89. The first kappa shape index (κ1) is 15.5. The number of ether oxygens (including phenoxy) is 1. The van der Waals surface area contributed by atoms with Gasteiger partial charge in [0.2, 0.25) is 10.0 Å². The Labute approximate surface area is 134 Å². The van der Waals surface area contributed by atoms with Crippen molar-refractivity contribution in [1.29, 1.82) is 0 Å². The average Bonchev–Trinajstić information content (AvgIpc) is 3.02. The molecular weight excluding hydrogens is 314 g/mol. The number of hydrogen-bond donors (Lipinski definition) is 2. The molecule has 120 valence electrons. The van der Waals surface area contributed by atoms with Crippen LogP contribution in [0.25, 0.3) is 11.0 Å². The van der Waals surface area contributed by atoms with Crippen LogP contribution in [0.4, 0.5) is 0 Å². The van der Waals surface area contributed by atoms with E-state index in [1.54, 1.807) is 25.3 Å². The summed E-state index contributed by atoms with van der Waals surface area (Å²) in [6, 6.07) is 12.4. The molecular formula is C16H17N3O3S. The Morgan fingerprint density at radius 2 is 2.04 bits per heavy atom. The molecule has 6 nitrogen and oxygen atoms in total. The predicted molar refractivity (Wildman–Crippen MR) is 88.0 cm³/mol. The molecule has 0 radical (unpaired) electrons. The molecule has 23 heavy (non-hydrogen) atoms. The second kappa shape index (κ2) is 6.39. The number of aromatic amines is 1. The lowest BCUT2D eigenvalue weighted by molar-refractivity contribution is 0.409. The van der Waals surface area contributed by atoms with E-state index in [-0.39, 0.29) is 4.90 Å². The lowest BCUT2D eigenvalue weighted by Gasteiger charge is -2.09. The van der Waals surface area contributed by atoms with Crippen LogP contribution in [0.15, 0.2) is 53.7 Å². The van der Waals surface area contributed by atoms with Gasteiger partial charge < -0.3 is 9.72 Å². The number of benzene rings is 2. The molecule has 0 aliphatic heterocycles. The molecule has 7 heteroatoms. The first-order chi connectivity index (χ1) is 11.1. The van der Waals surface area contributed by atoms with Crippen LogP contribution in [0.1, 0.15) is 5.56 Å². The second-order valence-electron chi connectivity index (χ2n) is 5.04. The summed E-state index contributed by atoms with van der Waals surface area (Å²) >= 11 is 0. The van der Waals surface area contributed by atoms with Crippen molar-refractivity contribution < 1.29 is 13.2 Å². The smallest absolute Gasteiger partial charge is 0.240 e. The number of hydrogen-bond acceptors (Lipinski definition) is 4. The van der Waals surface area contributed by atoms with Crippen LogP contribution in [-0.2, 0) is 16.4 Å². The van der Waals surface area contributed by atoms with E-state index in [9.17, 15) is 8.42 Å². The zero-order valence-corrected chi connectivity index (χ0v) is 13.4. The monoisotopic (exact) mass is 331 g/mol. The van der Waals surface area contributed by atoms with E-state index in [1.807, 2.05) is 24.3 Å². The summed E-state index contributed by atoms with van der Waals surface area (Å²) in [5.41, 5.74) is 2.39. The maximum absolute atomic E-state index is 12.4. The van der Waals surface area contributed by atoms with Gasteiger partial charge in [-0.25, -0.2) is 18.1 Å². The summed E-state index contributed by atoms with van der Waals surface area (Å²) < 4.78 is 32.6. The summed E-state index contributed by atoms with van der Waals surface area (Å²) in [6.45, 7) is 0.295. The van der Waals surface area contributed by atoms with Crippen molar-refractivity contribution in [3.63, 3.8) is 0 Å². The number of methoxy groups -OCH3 is 1. The number of rotatable bonds is 6. The molecule has 2 aromatic carbocycles. The van der Waals surface area contributed by atoms with Gasteiger partial charge in [-0.2, -0.15) is 0 Å². The average molecular weight is 331 g/mol. The molecule has 0 saturated carbocycles. The number of nitrogens with one attached hydrogen (secondary N) is 2. The quantitative estimate of drug-likeness (QED) is 0.724. The van der Waals surface area contributed by atoms with Crippen molar-refractivity contribution in [1.82, 2.24) is 14.7 Å². The van der Waals surface area contributed by atoms with E-state index in [4.69, 9.17) is 4.74 Å². The molecule has 3 aromatic rings. The van der Waals surface area contributed by atoms with Gasteiger partial charge >= 0.3 is 0 Å². The fraction of sp³-hybridized carbons (Fsp3) is 0.188. The lowest BCUT2D eigenvalue weighted by atomic mass is 10.1. The van der Waals surface area contributed by atoms with Crippen molar-refractivity contribution in [3.8, 4) is 5.75 Å². The molecule has 0 saturated heterocycles. The largest absolute Gasteiger partial charge is 0.496 e. The number of nitrogens with zero attached hydrogens (tertiary/aromatic N) is 1. The third kappa shape index (κ3) is 3.35. The minimum absolute atomic E-state index is 0.217. The van der Waals surface area contributed by atoms with E-state index < -0.39 is 10.0 Å². The van der Waals surface area contributed by atoms with E-state index in [1.165, 1.54) is 6.33 Å². The maximum atomic E-state index is 12.4. The molecule has 3 rings (SSSR count). The highest BCUT2D eigenvalue weighted by Crippen LogP contribution is 2.18. The number of aromatic nitrogens is 2. The van der Waals surface area contributed by atoms with Crippen LogP contribution in [-0.4, -0.2) is 32.0 Å². The molecule has 0 spiro atoms. The SMILES string of the molecule is COc1ccccc1CCNS(=O)(=O)c1ccc2nc[nH]c2c1. The normalized spacial score (nSPS) is 11.7. The number of sulfonamides is 1. The molecule has 0 aliphatic rings. The zero-order valence-electron chi connectivity index (χ0n) is 12.6. The number of fused-ring (bicyclic) bond motifs is 1. The number of imidazole rings is 1. The Morgan fingerprint density at radius 3 is 2.87 bits per heavy atom. The maximum Gasteiger partial charge on any atom is 0.240 e. The first-order valence-corrected chi connectivity index (χ1v) is 8.63. The summed E-state index contributed by atoms with van der Waals surface area (Å²) in [4.78, 5) is 7.20. The minimum Gasteiger partial charge on any atom is -0.496 e. The predicted octanol–water partition coefficient (Wildman–Crippen LogP) is 2.09. The summed E-state index contributed by atoms with van der Waals surface area (Å²) in [7, 11) is -1.96. The van der Waals surface area contributed by atoms with Gasteiger partial charge in [0.1, 0.15) is 5.75 Å². The van der Waals surface area contributed by atoms with Gasteiger partial charge in [-0.3, -0.25) is 0 Å². The molecule has 0 unspecified atom stereocenters. The first-order valence-electron chi connectivity index (χ1n) is 7.15. The fourth-order valence-electron chi connectivity index (χ4n) is 2.39. The van der Waals surface area contributed by atoms with Gasteiger partial charge in [0.15, 0.2) is 0 Å². The third-order valence-corrected chi connectivity index (χ3v) is 5.04. The van der Waals surface area contributed by atoms with E-state index in [0.717, 1.165) is 16.8 Å². The standard InChI is InChI=1S/C16H17N3O3S/c1-22-16-5-3-2-4-12(16)8-9-19-23(20,21)13-6-7-14-15(10-13)18-11-17-14/h2-7,10-11,19H,8-9H2,1H3,(H,17,18). The van der Waals surface area contributed by atoms with Crippen molar-refractivity contribution in [2.45, 2.75) is 11.3 Å². The van der Waals surface area contributed by atoms with E-state index in [0.29, 0.717) is 18.5 Å². The Morgan fingerprint density at radius 1 is 1.22 bits per heavy atom. The van der Waals surface area contributed by atoms with Crippen molar-refractivity contribution >= 4 is 21.1 Å². The number of H-pyrrole nitrogens is 1. The third-order valence-electron chi connectivity index (χ3n) is 3.58. The summed E-state index contributed by atoms with van der Waals surface area (Å²) in [5.74, 6) is 0.755. The van der Waals surface area contributed by atoms with E-state index in [2.05, 4.69) is 14.7 Å². The minimum atomic E-state index is -3.56. The summed E-state index contributed by atoms with van der Waals surface area (Å²) in [5, 5.41) is 0. The van der Waals surface area contributed by atoms with Crippen LogP contribution in [0.5, 0.6) is 5.75 Å². The topological polar surface area (TPSA) is 84.1 Å². The summed E-state index contributed by atoms with van der Waals surface area (Å²) in [6.07, 6.45) is 2.09. The Bertz CT molecular complexity index is 919. The van der Waals surface area contributed by atoms with E-state index >= 15 is 0 Å². The molecule has 0 atom stereocenters. The Balaban J connectivity index is 1.71. The van der Waals surface area contributed by atoms with Gasteiger partial charge in [0.25, 0.3) is 0 Å². The molecule has 1 aromatic heterocycles. The van der Waals surface area contributed by atoms with Crippen LogP contribution in [0.3, 0.4) is 0 Å². The van der Waals surface area contributed by atoms with Crippen LogP contribution in [0, 0.1) is 0 Å². The second-order valence-corrected chi connectivity index (χ2v) is 6.81. The van der Waals surface area contributed by atoms with Crippen LogP contribution < -0.4 is 9.46 Å². The zero-order chi connectivity index (χ0) is 16.3. The molecule has 0 amide bonds. The highest BCUT2D eigenvalue weighted by Gasteiger charge is 2.15. The fourth-order valence-corrected chi connectivity index (χ4v) is 3.45. The van der Waals surface area contributed by atoms with Gasteiger partial charge in [0, 0.05) is 6.54 Å². The van der Waals surface area contributed by atoms with Gasteiger partial charge in [-0.05, 0) is 36.2 Å². The molecule has 0 aliphatic carbocycles. The number of para-hydroxylation sites is 1. The van der Waals surface area contributed by atoms with Crippen LogP contribution >= 0.6 is 0 Å². The molecule has 1 heterocycles. The van der Waals surface area contributed by atoms with Gasteiger partial charge in [-0.15, -0.1) is 0 Å². The van der Waals surface area contributed by atoms with Gasteiger partial charge in [0.05, 0.1) is 29.4 Å². The van der Waals surface area contributed by atoms with Crippen molar-refractivity contribution in [2.24, 2.45) is 0 Å². The molecule has 0 fully saturated rings. The van der Waals surface area contributed by atoms with Crippen molar-refractivity contribution in [3.05, 3.63) is 54.4 Å². The molecule has 0 bridgehead atoms. The Kier molecular flexibility index (Phi) is 4.31. The molecule has 2 N–H and O–H groups in total. The van der Waals surface area contributed by atoms with Gasteiger partial charge in [-0.1, -0.05) is 18.2 Å². The lowest BCUT2D eigenvalue weighted by Crippen LogP contribution is -2.26. The van der Waals surface area contributed by atoms with Crippen molar-refractivity contribution in [2.75, 3.05) is 13.7 Å². The highest BCUT2D eigenvalue weighted by atomic mass is 32.2. The Hall–Kier alpha value is -2.38.